The van der Waals surface area contributed by atoms with Crippen molar-refractivity contribution in [1.29, 1.82) is 0 Å². The summed E-state index contributed by atoms with van der Waals surface area (Å²) in [6.45, 7) is 1.95. The zero-order chi connectivity index (χ0) is 15.2. The number of hydrogen-bond acceptors (Lipinski definition) is 4. The summed E-state index contributed by atoms with van der Waals surface area (Å²) in [6, 6.07) is 9.62. The summed E-state index contributed by atoms with van der Waals surface area (Å²) >= 11 is 0. The van der Waals surface area contributed by atoms with Gasteiger partial charge in [0.2, 0.25) is 5.91 Å². The van der Waals surface area contributed by atoms with Crippen molar-refractivity contribution in [2.45, 2.75) is 24.9 Å². The zero-order valence-corrected chi connectivity index (χ0v) is 12.6. The lowest BCUT2D eigenvalue weighted by Crippen LogP contribution is -2.48. The number of nitrogens with zero attached hydrogens (tertiary/aromatic N) is 2. The highest BCUT2D eigenvalue weighted by molar-refractivity contribution is 5.83. The van der Waals surface area contributed by atoms with Crippen LogP contribution >= 0.6 is 0 Å². The van der Waals surface area contributed by atoms with Crippen molar-refractivity contribution in [1.82, 2.24) is 9.80 Å². The Hall–Kier alpha value is -1.43. The van der Waals surface area contributed by atoms with Crippen LogP contribution in [0.5, 0.6) is 0 Å². The fraction of sp³-hybridized carbons (Fsp3) is 0.562. The van der Waals surface area contributed by atoms with Gasteiger partial charge in [0, 0.05) is 25.7 Å². The molecule has 1 aromatic rings. The Bertz CT molecular complexity index is 444. The minimum atomic E-state index is -0.340. The number of rotatable bonds is 5. The number of aliphatic hydroxyl groups excluding tert-OH is 1. The molecule has 0 aliphatic carbocycles. The highest BCUT2D eigenvalue weighted by Gasteiger charge is 2.30. The van der Waals surface area contributed by atoms with Crippen molar-refractivity contribution >= 4 is 5.91 Å². The summed E-state index contributed by atoms with van der Waals surface area (Å²) in [5.41, 5.74) is 6.88. The number of likely N-dealkylation sites (tertiary alicyclic amines) is 1. The Morgan fingerprint density at radius 1 is 1.38 bits per heavy atom. The Morgan fingerprint density at radius 2 is 2.00 bits per heavy atom. The van der Waals surface area contributed by atoms with E-state index in [1.54, 1.807) is 0 Å². The highest BCUT2D eigenvalue weighted by atomic mass is 16.3. The van der Waals surface area contributed by atoms with E-state index in [4.69, 9.17) is 5.73 Å². The summed E-state index contributed by atoms with van der Waals surface area (Å²) in [7, 11) is 1.88. The van der Waals surface area contributed by atoms with E-state index in [9.17, 15) is 9.90 Å². The summed E-state index contributed by atoms with van der Waals surface area (Å²) in [6.07, 6.45) is 1.72. The monoisotopic (exact) mass is 291 g/mol. The Labute approximate surface area is 126 Å². The van der Waals surface area contributed by atoms with Gasteiger partial charge in [-0.1, -0.05) is 30.3 Å². The molecule has 1 aliphatic rings. The van der Waals surface area contributed by atoms with Crippen LogP contribution in [0.15, 0.2) is 30.3 Å². The molecule has 0 bridgehead atoms. The number of carbonyl (C=O) groups excluding carboxylic acids is 1. The third-order valence-corrected chi connectivity index (χ3v) is 4.09. The Morgan fingerprint density at radius 3 is 2.57 bits per heavy atom. The summed E-state index contributed by atoms with van der Waals surface area (Å²) in [5.74, 6) is 0.101. The number of amides is 1. The lowest BCUT2D eigenvalue weighted by molar-refractivity contribution is -0.138. The van der Waals surface area contributed by atoms with Crippen LogP contribution in [0.25, 0.3) is 0 Å². The van der Waals surface area contributed by atoms with E-state index in [2.05, 4.69) is 0 Å². The molecule has 0 saturated carbocycles. The molecule has 1 aromatic carbocycles. The first-order valence-electron chi connectivity index (χ1n) is 7.54. The maximum absolute atomic E-state index is 12.9. The van der Waals surface area contributed by atoms with E-state index in [1.165, 1.54) is 0 Å². The van der Waals surface area contributed by atoms with Gasteiger partial charge in [0.1, 0.15) is 6.04 Å². The van der Waals surface area contributed by atoms with Crippen molar-refractivity contribution in [3.63, 3.8) is 0 Å². The van der Waals surface area contributed by atoms with Crippen molar-refractivity contribution in [2.24, 2.45) is 5.73 Å². The molecule has 2 rings (SSSR count). The van der Waals surface area contributed by atoms with E-state index >= 15 is 0 Å². The average Bonchev–Trinajstić information content (AvgIpc) is 2.49. The lowest BCUT2D eigenvalue weighted by Gasteiger charge is -2.36. The minimum absolute atomic E-state index is 0.0397. The topological polar surface area (TPSA) is 69.8 Å². The van der Waals surface area contributed by atoms with E-state index < -0.39 is 0 Å². The molecule has 1 unspecified atom stereocenters. The van der Waals surface area contributed by atoms with Crippen molar-refractivity contribution < 1.29 is 9.90 Å². The van der Waals surface area contributed by atoms with Gasteiger partial charge in [0.25, 0.3) is 0 Å². The van der Waals surface area contributed by atoms with E-state index in [0.29, 0.717) is 6.54 Å². The van der Waals surface area contributed by atoms with Crippen LogP contribution in [0.2, 0.25) is 0 Å². The predicted molar refractivity (Wildman–Crippen MR) is 82.7 cm³/mol. The van der Waals surface area contributed by atoms with Crippen molar-refractivity contribution in [3.8, 4) is 0 Å². The molecule has 1 aliphatic heterocycles. The molecule has 21 heavy (non-hydrogen) atoms. The molecule has 1 fully saturated rings. The normalized spacial score (nSPS) is 18.0. The van der Waals surface area contributed by atoms with Crippen LogP contribution in [0, 0.1) is 0 Å². The van der Waals surface area contributed by atoms with Gasteiger partial charge >= 0.3 is 0 Å². The van der Waals surface area contributed by atoms with E-state index in [0.717, 1.165) is 31.5 Å². The van der Waals surface area contributed by atoms with Crippen LogP contribution in [-0.2, 0) is 4.79 Å². The number of nitrogens with two attached hydrogens (primary N) is 1. The van der Waals surface area contributed by atoms with Gasteiger partial charge in [-0.3, -0.25) is 9.69 Å². The SMILES string of the molecule is CN(CCO)C(C(=O)N1CCC(N)CC1)c1ccccc1. The maximum atomic E-state index is 12.9. The second kappa shape index (κ2) is 7.54. The van der Waals surface area contributed by atoms with E-state index in [1.807, 2.05) is 47.2 Å². The smallest absolute Gasteiger partial charge is 0.244 e. The molecule has 5 heteroatoms. The van der Waals surface area contributed by atoms with Crippen LogP contribution in [0.1, 0.15) is 24.4 Å². The first-order valence-corrected chi connectivity index (χ1v) is 7.54. The molecule has 1 amide bonds. The second-order valence-electron chi connectivity index (χ2n) is 5.68. The summed E-state index contributed by atoms with van der Waals surface area (Å²) in [4.78, 5) is 16.7. The quantitative estimate of drug-likeness (QED) is 0.833. The Kier molecular flexibility index (Phi) is 5.73. The molecule has 3 N–H and O–H groups in total. The largest absolute Gasteiger partial charge is 0.395 e. The number of hydrogen-bond donors (Lipinski definition) is 2. The van der Waals surface area contributed by atoms with Crippen LogP contribution in [-0.4, -0.2) is 60.1 Å². The van der Waals surface area contributed by atoms with Gasteiger partial charge in [-0.2, -0.15) is 0 Å². The molecule has 0 aromatic heterocycles. The zero-order valence-electron chi connectivity index (χ0n) is 12.6. The maximum Gasteiger partial charge on any atom is 0.244 e. The van der Waals surface area contributed by atoms with Crippen LogP contribution in [0.4, 0.5) is 0 Å². The first kappa shape index (κ1) is 15.9. The molecule has 5 nitrogen and oxygen atoms in total. The standard InChI is InChI=1S/C16H25N3O2/c1-18(11-12-20)15(13-5-3-2-4-6-13)16(21)19-9-7-14(17)8-10-19/h2-6,14-15,20H,7-12,17H2,1H3. The molecule has 1 heterocycles. The molecule has 1 atom stereocenters. The van der Waals surface area contributed by atoms with Crippen molar-refractivity contribution in [3.05, 3.63) is 35.9 Å². The number of aliphatic hydroxyl groups is 1. The summed E-state index contributed by atoms with van der Waals surface area (Å²) < 4.78 is 0. The molecule has 0 radical (unpaired) electrons. The lowest BCUT2D eigenvalue weighted by atomic mass is 10.0. The van der Waals surface area contributed by atoms with Gasteiger partial charge < -0.3 is 15.7 Å². The van der Waals surface area contributed by atoms with E-state index in [-0.39, 0.29) is 24.6 Å². The summed E-state index contributed by atoms with van der Waals surface area (Å²) in [5, 5.41) is 9.18. The fourth-order valence-corrected chi connectivity index (χ4v) is 2.80. The first-order chi connectivity index (χ1) is 10.1. The van der Waals surface area contributed by atoms with Crippen molar-refractivity contribution in [2.75, 3.05) is 33.3 Å². The molecule has 0 spiro atoms. The highest BCUT2D eigenvalue weighted by Crippen LogP contribution is 2.23. The molecular weight excluding hydrogens is 266 g/mol. The molecule has 116 valence electrons. The second-order valence-corrected chi connectivity index (χ2v) is 5.68. The van der Waals surface area contributed by atoms with Crippen LogP contribution in [0.3, 0.4) is 0 Å². The van der Waals surface area contributed by atoms with Crippen LogP contribution < -0.4 is 5.73 Å². The van der Waals surface area contributed by atoms with Gasteiger partial charge in [0.05, 0.1) is 6.61 Å². The number of carbonyl (C=O) groups is 1. The third kappa shape index (κ3) is 4.03. The molecule has 1 saturated heterocycles. The van der Waals surface area contributed by atoms with Gasteiger partial charge in [-0.05, 0) is 25.5 Å². The van der Waals surface area contributed by atoms with Gasteiger partial charge in [-0.25, -0.2) is 0 Å². The predicted octanol–water partition coefficient (Wildman–Crippen LogP) is 0.602. The number of piperidine rings is 1. The fourth-order valence-electron chi connectivity index (χ4n) is 2.80. The number of benzene rings is 1. The van der Waals surface area contributed by atoms with Gasteiger partial charge in [0.15, 0.2) is 0 Å². The minimum Gasteiger partial charge on any atom is -0.395 e. The Balaban J connectivity index is 2.17. The average molecular weight is 291 g/mol. The number of likely N-dealkylation sites (N-methyl/N-ethyl adjacent to an activating group) is 1. The third-order valence-electron chi connectivity index (χ3n) is 4.09. The molecular formula is C16H25N3O2. The van der Waals surface area contributed by atoms with Gasteiger partial charge in [-0.15, -0.1) is 0 Å².